The first-order chi connectivity index (χ1) is 14.6. The summed E-state index contributed by atoms with van der Waals surface area (Å²) in [6.45, 7) is 6.37. The Morgan fingerprint density at radius 1 is 1.06 bits per heavy atom. The van der Waals surface area contributed by atoms with Crippen LogP contribution in [-0.2, 0) is 6.42 Å². The van der Waals surface area contributed by atoms with Crippen LogP contribution >= 0.6 is 0 Å². The zero-order valence-corrected chi connectivity index (χ0v) is 17.8. The van der Waals surface area contributed by atoms with Crippen molar-refractivity contribution < 1.29 is 24.8 Å². The molecule has 0 spiro atoms. The van der Waals surface area contributed by atoms with Crippen LogP contribution in [0.4, 0.5) is 0 Å². The van der Waals surface area contributed by atoms with Gasteiger partial charge in [-0.15, -0.1) is 0 Å². The molecule has 162 valence electrons. The second-order valence-corrected chi connectivity index (χ2v) is 8.98. The third kappa shape index (κ3) is 3.52. The van der Waals surface area contributed by atoms with E-state index in [1.54, 1.807) is 0 Å². The van der Waals surface area contributed by atoms with E-state index in [2.05, 4.69) is 19.9 Å². The number of phenolic OH excluding ortho intramolecular Hbond substituents is 3. The molecule has 0 fully saturated rings. The van der Waals surface area contributed by atoms with Gasteiger partial charge in [0, 0.05) is 17.2 Å². The van der Waals surface area contributed by atoms with Gasteiger partial charge in [0.25, 0.3) is 0 Å². The van der Waals surface area contributed by atoms with Crippen molar-refractivity contribution in [3.63, 3.8) is 0 Å². The molecule has 0 radical (unpaired) electrons. The summed E-state index contributed by atoms with van der Waals surface area (Å²) in [5, 5.41) is 41.4. The van der Waals surface area contributed by atoms with Crippen LogP contribution in [-0.4, -0.2) is 20.4 Å². The number of phenols is 3. The predicted molar refractivity (Wildman–Crippen MR) is 119 cm³/mol. The van der Waals surface area contributed by atoms with Crippen LogP contribution in [0.5, 0.6) is 23.0 Å². The van der Waals surface area contributed by atoms with Crippen molar-refractivity contribution in [1.29, 1.82) is 0 Å². The Bertz CT molecular complexity index is 1250. The number of fused-ring (bicyclic) bond motifs is 1. The molecule has 2 aromatic carbocycles. The molecule has 1 aliphatic rings. The highest BCUT2D eigenvalue weighted by Crippen LogP contribution is 2.46. The van der Waals surface area contributed by atoms with Crippen LogP contribution in [0, 0.1) is 11.3 Å². The maximum atomic E-state index is 12.9. The van der Waals surface area contributed by atoms with E-state index in [-0.39, 0.29) is 50.9 Å². The molecule has 4 rings (SSSR count). The Morgan fingerprint density at radius 3 is 2.39 bits per heavy atom. The van der Waals surface area contributed by atoms with Crippen LogP contribution in [0.1, 0.15) is 39.2 Å². The van der Waals surface area contributed by atoms with Crippen molar-refractivity contribution >= 4 is 11.0 Å². The van der Waals surface area contributed by atoms with Gasteiger partial charge in [-0.05, 0) is 61.8 Å². The molecule has 0 aliphatic heterocycles. The molecule has 1 atom stereocenters. The van der Waals surface area contributed by atoms with Gasteiger partial charge in [0.05, 0.1) is 0 Å². The molecule has 0 bridgehead atoms. The molecule has 1 heterocycles. The quantitative estimate of drug-likeness (QED) is 0.431. The van der Waals surface area contributed by atoms with Gasteiger partial charge in [-0.1, -0.05) is 25.5 Å². The lowest BCUT2D eigenvalue weighted by Gasteiger charge is -2.38. The standard InChI is InChI=1S/C25H26O6/c1-13-5-4-10-25(2,3)17(13)11-16-18(27)12-19-20(21(16)28)22(29)23(30)24(31-19)14-6-8-15(26)9-7-14/h5-9,12,17,26-28,30H,4,10-11H2,1-3H3. The summed E-state index contributed by atoms with van der Waals surface area (Å²) in [5.41, 5.74) is 1.000. The highest BCUT2D eigenvalue weighted by atomic mass is 16.4. The summed E-state index contributed by atoms with van der Waals surface area (Å²) in [7, 11) is 0. The van der Waals surface area contributed by atoms with Gasteiger partial charge in [0.2, 0.25) is 11.2 Å². The van der Waals surface area contributed by atoms with E-state index in [9.17, 15) is 25.2 Å². The van der Waals surface area contributed by atoms with Gasteiger partial charge in [-0.3, -0.25) is 4.79 Å². The molecular formula is C25H26O6. The Morgan fingerprint density at radius 2 is 1.74 bits per heavy atom. The first-order valence-corrected chi connectivity index (χ1v) is 10.3. The lowest BCUT2D eigenvalue weighted by molar-refractivity contribution is 0.211. The van der Waals surface area contributed by atoms with E-state index in [1.807, 2.05) is 6.92 Å². The fourth-order valence-corrected chi connectivity index (χ4v) is 4.61. The second kappa shape index (κ2) is 7.38. The topological polar surface area (TPSA) is 111 Å². The van der Waals surface area contributed by atoms with E-state index in [0.29, 0.717) is 12.0 Å². The molecule has 31 heavy (non-hydrogen) atoms. The van der Waals surface area contributed by atoms with Gasteiger partial charge >= 0.3 is 0 Å². The molecule has 0 saturated carbocycles. The van der Waals surface area contributed by atoms with Gasteiger partial charge in [0.15, 0.2) is 5.76 Å². The van der Waals surface area contributed by atoms with Gasteiger partial charge in [-0.2, -0.15) is 0 Å². The minimum absolute atomic E-state index is 0.0256. The third-order valence-corrected chi connectivity index (χ3v) is 6.50. The van der Waals surface area contributed by atoms with Crippen LogP contribution in [0.15, 0.2) is 51.2 Å². The second-order valence-electron chi connectivity index (χ2n) is 8.98. The summed E-state index contributed by atoms with van der Waals surface area (Å²) in [5.74, 6) is -1.15. The normalized spacial score (nSPS) is 18.2. The lowest BCUT2D eigenvalue weighted by atomic mass is 9.66. The van der Waals surface area contributed by atoms with Crippen molar-refractivity contribution in [2.75, 3.05) is 0 Å². The minimum atomic E-state index is -0.779. The summed E-state index contributed by atoms with van der Waals surface area (Å²) in [6.07, 6.45) is 4.52. The largest absolute Gasteiger partial charge is 0.508 e. The SMILES string of the molecule is CC1=CCCC(C)(C)C1Cc1c(O)cc2oc(-c3ccc(O)cc3)c(O)c(=O)c2c1O. The van der Waals surface area contributed by atoms with Crippen molar-refractivity contribution in [3.8, 4) is 34.3 Å². The predicted octanol–water partition coefficient (Wildman–Crippen LogP) is 5.21. The number of aromatic hydroxyl groups is 4. The molecule has 1 aromatic heterocycles. The summed E-state index contributed by atoms with van der Waals surface area (Å²) in [6, 6.07) is 7.10. The lowest BCUT2D eigenvalue weighted by Crippen LogP contribution is -2.29. The molecule has 1 aliphatic carbocycles. The summed E-state index contributed by atoms with van der Waals surface area (Å²) < 4.78 is 5.71. The number of benzene rings is 2. The fourth-order valence-electron chi connectivity index (χ4n) is 4.61. The smallest absolute Gasteiger partial charge is 0.238 e. The number of rotatable bonds is 3. The molecule has 4 N–H and O–H groups in total. The van der Waals surface area contributed by atoms with E-state index < -0.39 is 11.2 Å². The average molecular weight is 422 g/mol. The molecule has 6 nitrogen and oxygen atoms in total. The Hall–Kier alpha value is -3.41. The first-order valence-electron chi connectivity index (χ1n) is 10.3. The highest BCUT2D eigenvalue weighted by molar-refractivity contribution is 5.89. The van der Waals surface area contributed by atoms with Crippen molar-refractivity contribution in [2.45, 2.75) is 40.0 Å². The number of hydrogen-bond acceptors (Lipinski definition) is 6. The molecule has 6 heteroatoms. The zero-order chi connectivity index (χ0) is 22.5. The Balaban J connectivity index is 1.87. The van der Waals surface area contributed by atoms with Crippen LogP contribution < -0.4 is 5.43 Å². The van der Waals surface area contributed by atoms with Crippen molar-refractivity contribution in [1.82, 2.24) is 0 Å². The maximum Gasteiger partial charge on any atom is 0.238 e. The maximum absolute atomic E-state index is 12.9. The fraction of sp³-hybridized carbons (Fsp3) is 0.320. The highest BCUT2D eigenvalue weighted by Gasteiger charge is 2.34. The van der Waals surface area contributed by atoms with Crippen LogP contribution in [0.2, 0.25) is 0 Å². The molecular weight excluding hydrogens is 396 g/mol. The van der Waals surface area contributed by atoms with Gasteiger partial charge < -0.3 is 24.8 Å². The molecule has 0 saturated heterocycles. The van der Waals surface area contributed by atoms with Crippen LogP contribution in [0.25, 0.3) is 22.3 Å². The monoisotopic (exact) mass is 422 g/mol. The van der Waals surface area contributed by atoms with Crippen LogP contribution in [0.3, 0.4) is 0 Å². The Kier molecular flexibility index (Phi) is 4.96. The Labute approximate surface area is 179 Å². The summed E-state index contributed by atoms with van der Waals surface area (Å²) >= 11 is 0. The van der Waals surface area contributed by atoms with Gasteiger partial charge in [0.1, 0.15) is 28.2 Å². The van der Waals surface area contributed by atoms with Crippen molar-refractivity contribution in [2.24, 2.45) is 11.3 Å². The first kappa shape index (κ1) is 20.8. The zero-order valence-electron chi connectivity index (χ0n) is 17.8. The molecule has 3 aromatic rings. The summed E-state index contributed by atoms with van der Waals surface area (Å²) in [4.78, 5) is 12.9. The van der Waals surface area contributed by atoms with Crippen molar-refractivity contribution in [3.05, 3.63) is 57.8 Å². The van der Waals surface area contributed by atoms with Gasteiger partial charge in [-0.25, -0.2) is 0 Å². The van der Waals surface area contributed by atoms with E-state index in [1.165, 1.54) is 35.9 Å². The van der Waals surface area contributed by atoms with E-state index >= 15 is 0 Å². The third-order valence-electron chi connectivity index (χ3n) is 6.50. The minimum Gasteiger partial charge on any atom is -0.508 e. The van der Waals surface area contributed by atoms with E-state index in [0.717, 1.165) is 12.8 Å². The molecule has 0 amide bonds. The number of allylic oxidation sites excluding steroid dienone is 2. The average Bonchev–Trinajstić information content (AvgIpc) is 2.70. The van der Waals surface area contributed by atoms with E-state index in [4.69, 9.17) is 4.42 Å². The molecule has 1 unspecified atom stereocenters. The number of hydrogen-bond donors (Lipinski definition) is 4.